The molecule has 0 atom stereocenters. The zero-order valence-corrected chi connectivity index (χ0v) is 7.26. The third-order valence-electron chi connectivity index (χ3n) is 1.95. The van der Waals surface area contributed by atoms with E-state index in [9.17, 15) is 0 Å². The summed E-state index contributed by atoms with van der Waals surface area (Å²) in [7, 11) is 1.70. The SMILES string of the molecule is COCCN(C(C)=N)C1CC1. The molecule has 0 aromatic heterocycles. The first-order valence-corrected chi connectivity index (χ1v) is 4.06. The molecule has 0 bridgehead atoms. The fourth-order valence-electron chi connectivity index (χ4n) is 1.20. The lowest BCUT2D eigenvalue weighted by Gasteiger charge is -2.22. The molecule has 1 fully saturated rings. The van der Waals surface area contributed by atoms with Gasteiger partial charge in [-0.3, -0.25) is 5.41 Å². The van der Waals surface area contributed by atoms with Gasteiger partial charge in [-0.15, -0.1) is 0 Å². The maximum atomic E-state index is 7.47. The van der Waals surface area contributed by atoms with Gasteiger partial charge in [0.2, 0.25) is 0 Å². The van der Waals surface area contributed by atoms with Crippen LogP contribution in [-0.4, -0.2) is 37.0 Å². The van der Waals surface area contributed by atoms with Crippen LogP contribution in [0.5, 0.6) is 0 Å². The molecule has 1 N–H and O–H groups in total. The summed E-state index contributed by atoms with van der Waals surface area (Å²) in [5.41, 5.74) is 0. The fourth-order valence-corrected chi connectivity index (χ4v) is 1.20. The highest BCUT2D eigenvalue weighted by Crippen LogP contribution is 2.26. The van der Waals surface area contributed by atoms with Gasteiger partial charge in [0.05, 0.1) is 12.4 Å². The van der Waals surface area contributed by atoms with Crippen molar-refractivity contribution in [1.82, 2.24) is 4.90 Å². The van der Waals surface area contributed by atoms with Crippen LogP contribution in [0.25, 0.3) is 0 Å². The van der Waals surface area contributed by atoms with Crippen molar-refractivity contribution in [2.24, 2.45) is 0 Å². The highest BCUT2D eigenvalue weighted by Gasteiger charge is 2.28. The monoisotopic (exact) mass is 156 g/mol. The van der Waals surface area contributed by atoms with Crippen LogP contribution in [0.4, 0.5) is 0 Å². The van der Waals surface area contributed by atoms with Crippen molar-refractivity contribution in [1.29, 1.82) is 5.41 Å². The number of hydrogen-bond donors (Lipinski definition) is 1. The third-order valence-corrected chi connectivity index (χ3v) is 1.95. The standard InChI is InChI=1S/C8H16N2O/c1-7(9)10(5-6-11-2)8-3-4-8/h8-9H,3-6H2,1-2H3. The summed E-state index contributed by atoms with van der Waals surface area (Å²) in [6.07, 6.45) is 2.50. The predicted molar refractivity (Wildman–Crippen MR) is 45.0 cm³/mol. The van der Waals surface area contributed by atoms with Crippen LogP contribution in [-0.2, 0) is 4.74 Å². The molecule has 0 unspecified atom stereocenters. The second-order valence-corrected chi connectivity index (χ2v) is 3.00. The molecule has 1 rings (SSSR count). The van der Waals surface area contributed by atoms with E-state index in [-0.39, 0.29) is 0 Å². The minimum Gasteiger partial charge on any atom is -0.383 e. The molecule has 0 amide bonds. The molecule has 0 radical (unpaired) electrons. The average Bonchev–Trinajstić information content (AvgIpc) is 2.71. The van der Waals surface area contributed by atoms with Gasteiger partial charge in [-0.05, 0) is 19.8 Å². The van der Waals surface area contributed by atoms with Gasteiger partial charge in [-0.2, -0.15) is 0 Å². The molecular weight excluding hydrogens is 140 g/mol. The lowest BCUT2D eigenvalue weighted by molar-refractivity contribution is 0.173. The van der Waals surface area contributed by atoms with Crippen LogP contribution < -0.4 is 0 Å². The van der Waals surface area contributed by atoms with E-state index >= 15 is 0 Å². The molecule has 0 heterocycles. The Kier molecular flexibility index (Phi) is 2.88. The topological polar surface area (TPSA) is 36.3 Å². The van der Waals surface area contributed by atoms with Crippen LogP contribution in [0, 0.1) is 5.41 Å². The Hall–Kier alpha value is -0.570. The summed E-state index contributed by atoms with van der Waals surface area (Å²) in [5.74, 6) is 0.671. The van der Waals surface area contributed by atoms with E-state index in [0.29, 0.717) is 11.9 Å². The number of nitrogens with one attached hydrogen (secondary N) is 1. The molecule has 1 aliphatic rings. The Balaban J connectivity index is 2.26. The minimum atomic E-state index is 0.641. The molecule has 1 aliphatic carbocycles. The molecule has 0 saturated heterocycles. The smallest absolute Gasteiger partial charge is 0.0929 e. The van der Waals surface area contributed by atoms with Crippen molar-refractivity contribution in [3.63, 3.8) is 0 Å². The largest absolute Gasteiger partial charge is 0.383 e. The lowest BCUT2D eigenvalue weighted by Crippen LogP contribution is -2.33. The summed E-state index contributed by atoms with van der Waals surface area (Å²) in [6, 6.07) is 0.641. The zero-order chi connectivity index (χ0) is 8.27. The van der Waals surface area contributed by atoms with Crippen molar-refractivity contribution in [2.75, 3.05) is 20.3 Å². The molecule has 0 aliphatic heterocycles. The molecule has 64 valence electrons. The number of ether oxygens (including phenoxy) is 1. The van der Waals surface area contributed by atoms with Gasteiger partial charge in [-0.1, -0.05) is 0 Å². The maximum absolute atomic E-state index is 7.47. The Labute approximate surface area is 67.8 Å². The van der Waals surface area contributed by atoms with E-state index in [4.69, 9.17) is 10.1 Å². The van der Waals surface area contributed by atoms with E-state index in [1.807, 2.05) is 6.92 Å². The molecule has 1 saturated carbocycles. The van der Waals surface area contributed by atoms with Gasteiger partial charge in [0.1, 0.15) is 0 Å². The highest BCUT2D eigenvalue weighted by molar-refractivity contribution is 5.76. The zero-order valence-electron chi connectivity index (χ0n) is 7.26. The van der Waals surface area contributed by atoms with Gasteiger partial charge in [0.15, 0.2) is 0 Å². The van der Waals surface area contributed by atoms with Crippen LogP contribution >= 0.6 is 0 Å². The minimum absolute atomic E-state index is 0.641. The Morgan fingerprint density at radius 1 is 1.64 bits per heavy atom. The van der Waals surface area contributed by atoms with Gasteiger partial charge in [-0.25, -0.2) is 0 Å². The van der Waals surface area contributed by atoms with E-state index in [1.54, 1.807) is 7.11 Å². The van der Waals surface area contributed by atoms with E-state index in [1.165, 1.54) is 12.8 Å². The first-order chi connectivity index (χ1) is 5.25. The van der Waals surface area contributed by atoms with Crippen LogP contribution in [0.2, 0.25) is 0 Å². The number of amidine groups is 1. The van der Waals surface area contributed by atoms with Crippen molar-refractivity contribution < 1.29 is 4.74 Å². The van der Waals surface area contributed by atoms with Gasteiger partial charge in [0, 0.05) is 19.7 Å². The van der Waals surface area contributed by atoms with Crippen molar-refractivity contribution in [2.45, 2.75) is 25.8 Å². The highest BCUT2D eigenvalue weighted by atomic mass is 16.5. The van der Waals surface area contributed by atoms with Gasteiger partial charge >= 0.3 is 0 Å². The van der Waals surface area contributed by atoms with Crippen LogP contribution in [0.15, 0.2) is 0 Å². The molecule has 0 spiro atoms. The Bertz CT molecular complexity index is 143. The molecular formula is C8H16N2O. The van der Waals surface area contributed by atoms with E-state index in [0.717, 1.165) is 13.2 Å². The van der Waals surface area contributed by atoms with Crippen molar-refractivity contribution in [3.05, 3.63) is 0 Å². The summed E-state index contributed by atoms with van der Waals surface area (Å²) in [6.45, 7) is 3.44. The molecule has 0 aromatic carbocycles. The number of hydrogen-bond acceptors (Lipinski definition) is 2. The fraction of sp³-hybridized carbons (Fsp3) is 0.875. The number of methoxy groups -OCH3 is 1. The molecule has 11 heavy (non-hydrogen) atoms. The Morgan fingerprint density at radius 3 is 2.64 bits per heavy atom. The van der Waals surface area contributed by atoms with Crippen LogP contribution in [0.1, 0.15) is 19.8 Å². The predicted octanol–water partition coefficient (Wildman–Crippen LogP) is 1.09. The lowest BCUT2D eigenvalue weighted by atomic mass is 10.4. The maximum Gasteiger partial charge on any atom is 0.0929 e. The van der Waals surface area contributed by atoms with Gasteiger partial charge in [0.25, 0.3) is 0 Å². The summed E-state index contributed by atoms with van der Waals surface area (Å²) in [4.78, 5) is 2.11. The van der Waals surface area contributed by atoms with Crippen molar-refractivity contribution in [3.8, 4) is 0 Å². The summed E-state index contributed by atoms with van der Waals surface area (Å²) in [5, 5.41) is 7.47. The van der Waals surface area contributed by atoms with E-state index < -0.39 is 0 Å². The average molecular weight is 156 g/mol. The normalized spacial score (nSPS) is 16.5. The van der Waals surface area contributed by atoms with Crippen LogP contribution in [0.3, 0.4) is 0 Å². The summed E-state index contributed by atoms with van der Waals surface area (Å²) >= 11 is 0. The van der Waals surface area contributed by atoms with E-state index in [2.05, 4.69) is 4.90 Å². The quantitative estimate of drug-likeness (QED) is 0.488. The number of rotatable bonds is 4. The Morgan fingerprint density at radius 2 is 2.27 bits per heavy atom. The third kappa shape index (κ3) is 2.50. The second kappa shape index (κ2) is 3.72. The molecule has 3 heteroatoms. The van der Waals surface area contributed by atoms with Crippen molar-refractivity contribution >= 4 is 5.84 Å². The van der Waals surface area contributed by atoms with Gasteiger partial charge < -0.3 is 9.64 Å². The molecule has 0 aromatic rings. The first kappa shape index (κ1) is 8.53. The second-order valence-electron chi connectivity index (χ2n) is 3.00. The summed E-state index contributed by atoms with van der Waals surface area (Å²) < 4.78 is 4.96. The number of nitrogens with zero attached hydrogens (tertiary/aromatic N) is 1. The first-order valence-electron chi connectivity index (χ1n) is 4.06. The molecule has 3 nitrogen and oxygen atoms in total.